The summed E-state index contributed by atoms with van der Waals surface area (Å²) >= 11 is 0. The number of amides is 1. The molecule has 0 aliphatic heterocycles. The van der Waals surface area contributed by atoms with Gasteiger partial charge >= 0.3 is 5.69 Å². The predicted molar refractivity (Wildman–Crippen MR) is 82.8 cm³/mol. The maximum atomic E-state index is 11.8. The molecule has 22 heavy (non-hydrogen) atoms. The smallest absolute Gasteiger partial charge is 0.333 e. The fourth-order valence-corrected chi connectivity index (χ4v) is 1.85. The van der Waals surface area contributed by atoms with Gasteiger partial charge in [-0.1, -0.05) is 37.3 Å². The van der Waals surface area contributed by atoms with Gasteiger partial charge < -0.3 is 5.84 Å². The first-order chi connectivity index (χ1) is 10.6. The molecule has 0 radical (unpaired) electrons. The molecule has 1 aromatic heterocycles. The summed E-state index contributed by atoms with van der Waals surface area (Å²) in [6.45, 7) is 1.72. The first kappa shape index (κ1) is 15.5. The molecule has 0 saturated heterocycles. The number of aryl methyl sites for hydroxylation is 1. The minimum Gasteiger partial charge on any atom is -0.333 e. The quantitative estimate of drug-likeness (QED) is 0.440. The molecule has 1 heterocycles. The van der Waals surface area contributed by atoms with E-state index in [0.717, 1.165) is 21.3 Å². The lowest BCUT2D eigenvalue weighted by Crippen LogP contribution is -2.34. The molecule has 0 spiro atoms. The minimum atomic E-state index is -0.523. The fraction of sp³-hybridized carbons (Fsp3) is 0.286. The molecule has 0 aliphatic carbocycles. The molecule has 0 bridgehead atoms. The van der Waals surface area contributed by atoms with Gasteiger partial charge in [-0.15, -0.1) is 0 Å². The number of hydrogen-bond donors (Lipinski definition) is 2. The van der Waals surface area contributed by atoms with E-state index < -0.39 is 11.6 Å². The molecule has 116 valence electrons. The van der Waals surface area contributed by atoms with Crippen molar-refractivity contribution in [1.29, 1.82) is 0 Å². The molecule has 1 aromatic carbocycles. The van der Waals surface area contributed by atoms with Crippen molar-refractivity contribution in [3.63, 3.8) is 0 Å². The van der Waals surface area contributed by atoms with Crippen molar-refractivity contribution in [3.05, 3.63) is 52.2 Å². The largest absolute Gasteiger partial charge is 0.365 e. The number of nitrogens with zero attached hydrogens (tertiary/aromatic N) is 4. The van der Waals surface area contributed by atoms with Gasteiger partial charge in [0, 0.05) is 6.42 Å². The van der Waals surface area contributed by atoms with Crippen molar-refractivity contribution in [2.75, 3.05) is 5.84 Å². The van der Waals surface area contributed by atoms with Crippen molar-refractivity contribution in [3.8, 4) is 0 Å². The molecule has 8 heteroatoms. The lowest BCUT2D eigenvalue weighted by atomic mass is 10.2. The lowest BCUT2D eigenvalue weighted by molar-refractivity contribution is -0.121. The van der Waals surface area contributed by atoms with Crippen LogP contribution in [-0.4, -0.2) is 26.6 Å². The maximum Gasteiger partial charge on any atom is 0.365 e. The first-order valence-corrected chi connectivity index (χ1v) is 6.92. The molecule has 2 rings (SSSR count). The summed E-state index contributed by atoms with van der Waals surface area (Å²) in [6, 6.07) is 9.33. The van der Waals surface area contributed by atoms with Crippen LogP contribution in [0.3, 0.4) is 0 Å². The van der Waals surface area contributed by atoms with Crippen LogP contribution in [0.25, 0.3) is 0 Å². The van der Waals surface area contributed by atoms with Gasteiger partial charge in [0.05, 0.1) is 6.21 Å². The highest BCUT2D eigenvalue weighted by molar-refractivity contribution is 5.82. The summed E-state index contributed by atoms with van der Waals surface area (Å²) in [5.41, 5.74) is 2.68. The molecule has 3 N–H and O–H groups in total. The van der Waals surface area contributed by atoms with Crippen LogP contribution in [-0.2, 0) is 17.8 Å². The molecular weight excluding hydrogens is 284 g/mol. The van der Waals surface area contributed by atoms with Crippen molar-refractivity contribution >= 4 is 12.1 Å². The molecule has 0 unspecified atom stereocenters. The second kappa shape index (κ2) is 7.21. The number of carbonyl (C=O) groups excluding carboxylic acids is 1. The first-order valence-electron chi connectivity index (χ1n) is 6.92. The Labute approximate surface area is 127 Å². The van der Waals surface area contributed by atoms with Gasteiger partial charge in [-0.25, -0.2) is 14.9 Å². The summed E-state index contributed by atoms with van der Waals surface area (Å²) in [5, 5.41) is 7.86. The number of nitrogen functional groups attached to an aromatic ring is 1. The highest BCUT2D eigenvalue weighted by Gasteiger charge is 2.12. The summed E-state index contributed by atoms with van der Waals surface area (Å²) in [4.78, 5) is 23.6. The Balaban J connectivity index is 1.96. The van der Waals surface area contributed by atoms with Gasteiger partial charge in [0.2, 0.25) is 0 Å². The lowest BCUT2D eigenvalue weighted by Gasteiger charge is -1.98. The third-order valence-electron chi connectivity index (χ3n) is 2.91. The molecule has 0 aliphatic rings. The van der Waals surface area contributed by atoms with E-state index >= 15 is 0 Å². The van der Waals surface area contributed by atoms with Gasteiger partial charge in [0.25, 0.3) is 5.91 Å². The van der Waals surface area contributed by atoms with Gasteiger partial charge in [-0.3, -0.25) is 4.79 Å². The molecule has 8 nitrogen and oxygen atoms in total. The average Bonchev–Trinajstić information content (AvgIpc) is 2.77. The molecule has 0 saturated carbocycles. The average molecular weight is 302 g/mol. The maximum absolute atomic E-state index is 11.8. The normalized spacial score (nSPS) is 11.0. The van der Waals surface area contributed by atoms with Crippen LogP contribution in [0.5, 0.6) is 0 Å². The monoisotopic (exact) mass is 302 g/mol. The van der Waals surface area contributed by atoms with Gasteiger partial charge in [-0.05, 0) is 12.0 Å². The Hall–Kier alpha value is -2.90. The van der Waals surface area contributed by atoms with E-state index in [4.69, 9.17) is 5.84 Å². The fourth-order valence-electron chi connectivity index (χ4n) is 1.85. The number of aromatic nitrogens is 3. The molecular formula is C14H18N6O2. The number of rotatable bonds is 6. The van der Waals surface area contributed by atoms with Crippen molar-refractivity contribution in [1.82, 2.24) is 19.9 Å². The van der Waals surface area contributed by atoms with Crippen LogP contribution in [0.1, 0.15) is 24.7 Å². The summed E-state index contributed by atoms with van der Waals surface area (Å²) < 4.78 is 1.99. The zero-order chi connectivity index (χ0) is 15.9. The highest BCUT2D eigenvalue weighted by atomic mass is 16.2. The zero-order valence-electron chi connectivity index (χ0n) is 12.3. The minimum absolute atomic E-state index is 0.230. The van der Waals surface area contributed by atoms with Crippen LogP contribution >= 0.6 is 0 Å². The van der Waals surface area contributed by atoms with E-state index in [1.54, 1.807) is 0 Å². The third kappa shape index (κ3) is 3.81. The number of nitrogens with one attached hydrogen (secondary N) is 1. The number of hydrogen-bond acceptors (Lipinski definition) is 5. The van der Waals surface area contributed by atoms with E-state index in [9.17, 15) is 9.59 Å². The van der Waals surface area contributed by atoms with Crippen LogP contribution < -0.4 is 17.0 Å². The number of hydrazone groups is 1. The van der Waals surface area contributed by atoms with E-state index in [1.165, 1.54) is 6.21 Å². The Bertz CT molecular complexity index is 717. The second-order valence-corrected chi connectivity index (χ2v) is 4.68. The third-order valence-corrected chi connectivity index (χ3v) is 2.91. The van der Waals surface area contributed by atoms with Crippen LogP contribution in [0.15, 0.2) is 40.2 Å². The van der Waals surface area contributed by atoms with Gasteiger partial charge in [-0.2, -0.15) is 14.9 Å². The van der Waals surface area contributed by atoms with E-state index in [1.807, 2.05) is 37.3 Å². The van der Waals surface area contributed by atoms with E-state index in [0.29, 0.717) is 12.2 Å². The highest BCUT2D eigenvalue weighted by Crippen LogP contribution is 1.94. The molecule has 0 fully saturated rings. The summed E-state index contributed by atoms with van der Waals surface area (Å²) in [5.74, 6) is 5.60. The van der Waals surface area contributed by atoms with Gasteiger partial charge in [0.1, 0.15) is 6.54 Å². The standard InChI is InChI=1S/C14H18N6O2/c1-2-6-12-18-19(14(22)20(12)15)10-13(21)17-16-9-11-7-4-3-5-8-11/h3-5,7-9H,2,6,10,15H2,1H3,(H,17,21)/b16-9+. The Morgan fingerprint density at radius 2 is 2.14 bits per heavy atom. The topological polar surface area (TPSA) is 107 Å². The van der Waals surface area contributed by atoms with Crippen LogP contribution in [0.4, 0.5) is 0 Å². The summed E-state index contributed by atoms with van der Waals surface area (Å²) in [6.07, 6.45) is 2.90. The predicted octanol–water partition coefficient (Wildman–Crippen LogP) is -0.139. The number of carbonyl (C=O) groups is 1. The molecule has 0 atom stereocenters. The summed E-state index contributed by atoms with van der Waals surface area (Å²) in [7, 11) is 0. The van der Waals surface area contributed by atoms with Crippen molar-refractivity contribution in [2.24, 2.45) is 5.10 Å². The number of nitrogens with two attached hydrogens (primary N) is 1. The number of benzene rings is 1. The Kier molecular flexibility index (Phi) is 5.07. The van der Waals surface area contributed by atoms with Crippen molar-refractivity contribution < 1.29 is 4.79 Å². The van der Waals surface area contributed by atoms with E-state index in [2.05, 4.69) is 15.6 Å². The second-order valence-electron chi connectivity index (χ2n) is 4.68. The van der Waals surface area contributed by atoms with E-state index in [-0.39, 0.29) is 6.54 Å². The Morgan fingerprint density at radius 1 is 1.41 bits per heavy atom. The van der Waals surface area contributed by atoms with Crippen LogP contribution in [0, 0.1) is 0 Å². The van der Waals surface area contributed by atoms with Crippen LogP contribution in [0.2, 0.25) is 0 Å². The Morgan fingerprint density at radius 3 is 2.82 bits per heavy atom. The SMILES string of the molecule is CCCc1nn(CC(=O)N/N=C/c2ccccc2)c(=O)n1N. The zero-order valence-corrected chi connectivity index (χ0v) is 12.3. The molecule has 2 aromatic rings. The van der Waals surface area contributed by atoms with Crippen molar-refractivity contribution in [2.45, 2.75) is 26.3 Å². The molecule has 1 amide bonds. The van der Waals surface area contributed by atoms with Gasteiger partial charge in [0.15, 0.2) is 5.82 Å².